The fourth-order valence-electron chi connectivity index (χ4n) is 2.80. The lowest BCUT2D eigenvalue weighted by Gasteiger charge is -2.20. The second kappa shape index (κ2) is 8.34. The van der Waals surface area contributed by atoms with Crippen LogP contribution in [0.1, 0.15) is 57.6 Å². The molecule has 23 heavy (non-hydrogen) atoms. The molecule has 1 aromatic rings. The third kappa shape index (κ3) is 7.04. The summed E-state index contributed by atoms with van der Waals surface area (Å²) in [6, 6.07) is 8.50. The monoisotopic (exact) mass is 318 g/mol. The average molecular weight is 318 g/mol. The Bertz CT molecular complexity index is 483. The second-order valence-corrected chi connectivity index (χ2v) is 7.36. The molecule has 1 amide bonds. The van der Waals surface area contributed by atoms with Crippen molar-refractivity contribution in [2.24, 2.45) is 0 Å². The van der Waals surface area contributed by atoms with Crippen LogP contribution in [-0.4, -0.2) is 29.7 Å². The summed E-state index contributed by atoms with van der Waals surface area (Å²) < 4.78 is 5.24. The molecule has 0 aromatic heterocycles. The van der Waals surface area contributed by atoms with Crippen LogP contribution in [0.15, 0.2) is 24.3 Å². The van der Waals surface area contributed by atoms with Crippen LogP contribution in [0.5, 0.6) is 0 Å². The molecule has 2 rings (SSSR count). The maximum Gasteiger partial charge on any atom is 0.407 e. The number of carbonyl (C=O) groups is 1. The largest absolute Gasteiger partial charge is 0.444 e. The molecule has 0 unspecified atom stereocenters. The summed E-state index contributed by atoms with van der Waals surface area (Å²) in [6.07, 6.45) is 5.00. The zero-order valence-corrected chi connectivity index (χ0v) is 14.7. The van der Waals surface area contributed by atoms with Crippen molar-refractivity contribution in [2.75, 3.05) is 13.1 Å². The number of alkyl carbamates (subject to hydrolysis) is 1. The van der Waals surface area contributed by atoms with Gasteiger partial charge in [0.2, 0.25) is 0 Å². The first kappa shape index (κ1) is 17.8. The summed E-state index contributed by atoms with van der Waals surface area (Å²) >= 11 is 0. The van der Waals surface area contributed by atoms with Crippen molar-refractivity contribution in [3.63, 3.8) is 0 Å². The van der Waals surface area contributed by atoms with E-state index in [1.807, 2.05) is 20.8 Å². The zero-order chi connectivity index (χ0) is 16.7. The van der Waals surface area contributed by atoms with Crippen LogP contribution in [-0.2, 0) is 17.8 Å². The van der Waals surface area contributed by atoms with Gasteiger partial charge in [0.05, 0.1) is 0 Å². The minimum absolute atomic E-state index is 0.369. The number of nitrogens with one attached hydrogen (secondary N) is 1. The summed E-state index contributed by atoms with van der Waals surface area (Å²) in [7, 11) is 0. The van der Waals surface area contributed by atoms with E-state index in [2.05, 4.69) is 34.5 Å². The SMILES string of the molecule is CC(C)(C)OC(=O)NCc1ccc(CN2CCCCCC2)cc1. The van der Waals surface area contributed by atoms with E-state index >= 15 is 0 Å². The van der Waals surface area contributed by atoms with Crippen LogP contribution in [0.3, 0.4) is 0 Å². The smallest absolute Gasteiger partial charge is 0.407 e. The molecule has 1 aliphatic rings. The molecule has 1 fully saturated rings. The summed E-state index contributed by atoms with van der Waals surface area (Å²) in [6.45, 7) is 9.54. The van der Waals surface area contributed by atoms with E-state index in [0.29, 0.717) is 6.54 Å². The lowest BCUT2D eigenvalue weighted by atomic mass is 10.1. The molecule has 0 radical (unpaired) electrons. The molecule has 4 nitrogen and oxygen atoms in total. The lowest BCUT2D eigenvalue weighted by molar-refractivity contribution is 0.0523. The number of amides is 1. The molecular formula is C19H30N2O2. The van der Waals surface area contributed by atoms with Gasteiger partial charge < -0.3 is 10.1 Å². The lowest BCUT2D eigenvalue weighted by Crippen LogP contribution is -2.32. The van der Waals surface area contributed by atoms with Gasteiger partial charge in [0.15, 0.2) is 0 Å². The quantitative estimate of drug-likeness (QED) is 0.909. The summed E-state index contributed by atoms with van der Waals surface area (Å²) in [4.78, 5) is 14.2. The molecule has 4 heteroatoms. The van der Waals surface area contributed by atoms with Crippen LogP contribution >= 0.6 is 0 Å². The number of likely N-dealkylation sites (tertiary alicyclic amines) is 1. The van der Waals surface area contributed by atoms with E-state index in [4.69, 9.17) is 4.74 Å². The zero-order valence-electron chi connectivity index (χ0n) is 14.7. The maximum absolute atomic E-state index is 11.7. The van der Waals surface area contributed by atoms with Gasteiger partial charge in [0.1, 0.15) is 5.60 Å². The molecule has 0 bridgehead atoms. The minimum atomic E-state index is -0.457. The molecule has 1 saturated heterocycles. The Balaban J connectivity index is 1.78. The normalized spacial score (nSPS) is 16.7. The van der Waals surface area contributed by atoms with E-state index < -0.39 is 5.60 Å². The highest BCUT2D eigenvalue weighted by Gasteiger charge is 2.15. The molecule has 0 spiro atoms. The van der Waals surface area contributed by atoms with Gasteiger partial charge in [-0.15, -0.1) is 0 Å². The van der Waals surface area contributed by atoms with Crippen molar-refractivity contribution in [2.45, 2.75) is 65.1 Å². The average Bonchev–Trinajstić information content (AvgIpc) is 2.73. The highest BCUT2D eigenvalue weighted by atomic mass is 16.6. The Hall–Kier alpha value is -1.55. The molecule has 128 valence electrons. The molecule has 1 aliphatic heterocycles. The number of rotatable bonds is 4. The van der Waals surface area contributed by atoms with Gasteiger partial charge in [0, 0.05) is 13.1 Å². The van der Waals surface area contributed by atoms with Crippen molar-refractivity contribution < 1.29 is 9.53 Å². The van der Waals surface area contributed by atoms with Gasteiger partial charge in [-0.3, -0.25) is 4.90 Å². The number of carbonyl (C=O) groups excluding carboxylic acids is 1. The van der Waals surface area contributed by atoms with Gasteiger partial charge in [-0.05, 0) is 57.8 Å². The Labute approximate surface area is 140 Å². The van der Waals surface area contributed by atoms with Gasteiger partial charge in [-0.2, -0.15) is 0 Å². The van der Waals surface area contributed by atoms with Crippen molar-refractivity contribution in [1.29, 1.82) is 0 Å². The third-order valence-electron chi connectivity index (χ3n) is 3.96. The van der Waals surface area contributed by atoms with E-state index in [1.54, 1.807) is 0 Å². The Kier molecular flexibility index (Phi) is 6.46. The number of hydrogen-bond donors (Lipinski definition) is 1. The fraction of sp³-hybridized carbons (Fsp3) is 0.632. The van der Waals surface area contributed by atoms with Gasteiger partial charge >= 0.3 is 6.09 Å². The number of ether oxygens (including phenoxy) is 1. The Morgan fingerprint density at radius 2 is 1.61 bits per heavy atom. The number of nitrogens with zero attached hydrogens (tertiary/aromatic N) is 1. The van der Waals surface area contributed by atoms with Crippen molar-refractivity contribution >= 4 is 6.09 Å². The van der Waals surface area contributed by atoms with Crippen LogP contribution in [0, 0.1) is 0 Å². The molecule has 0 atom stereocenters. The first-order valence-corrected chi connectivity index (χ1v) is 8.69. The number of benzene rings is 1. The molecule has 1 aromatic carbocycles. The first-order valence-electron chi connectivity index (χ1n) is 8.69. The van der Waals surface area contributed by atoms with Gasteiger partial charge in [-0.1, -0.05) is 37.1 Å². The molecule has 0 aliphatic carbocycles. The van der Waals surface area contributed by atoms with Crippen molar-refractivity contribution in [3.8, 4) is 0 Å². The molecule has 0 saturated carbocycles. The Morgan fingerprint density at radius 1 is 1.04 bits per heavy atom. The van der Waals surface area contributed by atoms with E-state index in [1.165, 1.54) is 44.3 Å². The molecule has 1 heterocycles. The molecule has 1 N–H and O–H groups in total. The Morgan fingerprint density at radius 3 is 2.17 bits per heavy atom. The topological polar surface area (TPSA) is 41.6 Å². The fourth-order valence-corrected chi connectivity index (χ4v) is 2.80. The predicted molar refractivity (Wildman–Crippen MR) is 93.3 cm³/mol. The molecular weight excluding hydrogens is 288 g/mol. The number of hydrogen-bond acceptors (Lipinski definition) is 3. The second-order valence-electron chi connectivity index (χ2n) is 7.36. The summed E-state index contributed by atoms with van der Waals surface area (Å²) in [5.74, 6) is 0. The van der Waals surface area contributed by atoms with Crippen molar-refractivity contribution in [3.05, 3.63) is 35.4 Å². The maximum atomic E-state index is 11.7. The van der Waals surface area contributed by atoms with Gasteiger partial charge in [-0.25, -0.2) is 4.79 Å². The van der Waals surface area contributed by atoms with Crippen LogP contribution < -0.4 is 5.32 Å². The predicted octanol–water partition coefficient (Wildman–Crippen LogP) is 4.09. The standard InChI is InChI=1S/C19H30N2O2/c1-19(2,3)23-18(22)20-14-16-8-10-17(11-9-16)15-21-12-6-4-5-7-13-21/h8-11H,4-7,12-15H2,1-3H3,(H,20,22). The van der Waals surface area contributed by atoms with E-state index in [0.717, 1.165) is 12.1 Å². The van der Waals surface area contributed by atoms with Crippen LogP contribution in [0.2, 0.25) is 0 Å². The highest BCUT2D eigenvalue weighted by Crippen LogP contribution is 2.14. The van der Waals surface area contributed by atoms with Crippen LogP contribution in [0.4, 0.5) is 4.79 Å². The van der Waals surface area contributed by atoms with Gasteiger partial charge in [0.25, 0.3) is 0 Å². The van der Waals surface area contributed by atoms with Crippen molar-refractivity contribution in [1.82, 2.24) is 10.2 Å². The summed E-state index contributed by atoms with van der Waals surface area (Å²) in [5, 5.41) is 2.79. The van der Waals surface area contributed by atoms with E-state index in [-0.39, 0.29) is 6.09 Å². The first-order chi connectivity index (χ1) is 10.9. The minimum Gasteiger partial charge on any atom is -0.444 e. The highest BCUT2D eigenvalue weighted by molar-refractivity contribution is 5.67. The van der Waals surface area contributed by atoms with Crippen LogP contribution in [0.25, 0.3) is 0 Å². The van der Waals surface area contributed by atoms with E-state index in [9.17, 15) is 4.79 Å². The summed E-state index contributed by atoms with van der Waals surface area (Å²) in [5.41, 5.74) is 1.98. The third-order valence-corrected chi connectivity index (χ3v) is 3.96.